The highest BCUT2D eigenvalue weighted by atomic mass is 16.3. The minimum absolute atomic E-state index is 0.0616. The number of benzene rings is 16. The molecular weight excluding hydrogens is 1090 g/mol. The van der Waals surface area contributed by atoms with Crippen LogP contribution in [-0.2, 0) is 0 Å². The van der Waals surface area contributed by atoms with Gasteiger partial charge in [-0.25, -0.2) is 0 Å². The SMILES string of the molecule is [2H]c1c([2H])c([2H])c(-c2c3c([2H])c([2H])c([2H])c([2H])c3c(-c3ccc4oc5cc(-c6ccc(-c7ccccc7)cc6)ccc5c4c3)c3c([2H])c([2H])c([2H])c([2H])c23)c([2H])c1[2H].[2H]c1c([2H])c([2H])c2c(-c3ccc4oc5cccc(-c6cccc(-c7ccccc7)c6)c5c4c3)c3c([2H])c([2H])c([2H])c([2H])c3c(-c3ccccc3)c2c1[2H]. The van der Waals surface area contributed by atoms with E-state index in [1.807, 2.05) is 109 Å². The topological polar surface area (TPSA) is 26.3 Å². The lowest BCUT2D eigenvalue weighted by Gasteiger charge is -2.17. The molecule has 90 heavy (non-hydrogen) atoms. The molecule has 0 fully saturated rings. The standard InChI is InChI=1S/2C44H28O/c1-3-13-29(14-4-1)31-17-11-18-32(27-31)34-23-12-24-41-44(34)39-28-33(25-26-40(39)45-41)43-37-21-9-7-19-35(37)42(30-15-5-2-6-16-30)36-20-8-10-22-38(36)43;1-3-11-29(12-4-1)30-19-21-31(22-20-30)33-23-25-35-40-27-34(24-26-41(40)45-42(35)28-33)44-38-17-9-7-15-36(38)43(32-13-5-2-6-14-32)37-16-8-10-18-39(37)44/h2*1-28H/i7D,8D,9D,10D,19D,20D,21D,22D;2D,5D,6D,7D,8D,9D,10D,13D,14D,15D,16D,17D,18D. The Labute approximate surface area is 550 Å². The zero-order chi connectivity index (χ0) is 77.8. The minimum atomic E-state index is -0.715. The lowest BCUT2D eigenvalue weighted by atomic mass is 9.85. The molecule has 16 aromatic carbocycles. The zero-order valence-electron chi connectivity index (χ0n) is 68.5. The van der Waals surface area contributed by atoms with E-state index < -0.39 is 108 Å². The summed E-state index contributed by atoms with van der Waals surface area (Å²) in [6.07, 6.45) is 0. The number of hydrogen-bond donors (Lipinski definition) is 0. The van der Waals surface area contributed by atoms with Crippen LogP contribution in [0.4, 0.5) is 0 Å². The van der Waals surface area contributed by atoms with Gasteiger partial charge in [0.2, 0.25) is 0 Å². The minimum Gasteiger partial charge on any atom is -0.456 e. The van der Waals surface area contributed by atoms with Crippen LogP contribution in [0.25, 0.3) is 176 Å². The lowest BCUT2D eigenvalue weighted by molar-refractivity contribution is 0.668. The molecule has 0 aliphatic carbocycles. The number of fused-ring (bicyclic) bond motifs is 10. The monoisotopic (exact) mass is 1170 g/mol. The smallest absolute Gasteiger partial charge is 0.136 e. The molecule has 2 aromatic heterocycles. The molecule has 0 atom stereocenters. The lowest BCUT2D eigenvalue weighted by Crippen LogP contribution is -1.90. The predicted octanol–water partition coefficient (Wildman–Crippen LogP) is 25.1. The molecular formula is C88H56O2. The summed E-state index contributed by atoms with van der Waals surface area (Å²) in [5.74, 6) is 0. The van der Waals surface area contributed by atoms with E-state index in [2.05, 4.69) is 54.6 Å². The fraction of sp³-hybridized carbons (Fsp3) is 0. The van der Waals surface area contributed by atoms with Crippen LogP contribution in [-0.4, -0.2) is 0 Å². The molecule has 2 heterocycles. The van der Waals surface area contributed by atoms with Gasteiger partial charge in [0.1, 0.15) is 22.3 Å². The van der Waals surface area contributed by atoms with Gasteiger partial charge in [0, 0.05) is 21.5 Å². The third-order valence-corrected chi connectivity index (χ3v) is 16.7. The van der Waals surface area contributed by atoms with Crippen LogP contribution >= 0.6 is 0 Å². The molecule has 0 aliphatic rings. The number of furan rings is 2. The molecule has 2 heteroatoms. The third-order valence-electron chi connectivity index (χ3n) is 16.7. The highest BCUT2D eigenvalue weighted by Crippen LogP contribution is 2.48. The van der Waals surface area contributed by atoms with Gasteiger partial charge in [-0.1, -0.05) is 291 Å². The molecule has 18 aromatic rings. The Morgan fingerprint density at radius 3 is 1.10 bits per heavy atom. The maximum absolute atomic E-state index is 9.27. The first kappa shape index (κ1) is 35.1. The summed E-state index contributed by atoms with van der Waals surface area (Å²) in [6.45, 7) is 0. The Bertz CT molecular complexity index is 6870. The molecule has 0 saturated heterocycles. The summed E-state index contributed by atoms with van der Waals surface area (Å²) in [6, 6.07) is 56.7. The number of hydrogen-bond acceptors (Lipinski definition) is 2. The summed E-state index contributed by atoms with van der Waals surface area (Å²) in [7, 11) is 0. The van der Waals surface area contributed by atoms with Gasteiger partial charge in [0.15, 0.2) is 0 Å². The van der Waals surface area contributed by atoms with E-state index in [0.29, 0.717) is 55.5 Å². The highest BCUT2D eigenvalue weighted by molar-refractivity contribution is 6.24. The average Bonchev–Trinajstić information content (AvgIpc) is 1.06. The molecule has 2 nitrogen and oxygen atoms in total. The first-order chi connectivity index (χ1) is 53.4. The van der Waals surface area contributed by atoms with Gasteiger partial charge in [-0.3, -0.25) is 0 Å². The van der Waals surface area contributed by atoms with E-state index in [1.165, 1.54) is 0 Å². The fourth-order valence-corrected chi connectivity index (χ4v) is 12.7. The predicted molar refractivity (Wildman–Crippen MR) is 381 cm³/mol. The van der Waals surface area contributed by atoms with Crippen LogP contribution in [0.5, 0.6) is 0 Å². The Hall–Kier alpha value is -11.8. The molecule has 0 unspecified atom stereocenters. The zero-order valence-corrected chi connectivity index (χ0v) is 47.5. The molecule has 0 amide bonds. The molecule has 420 valence electrons. The second kappa shape index (κ2) is 22.1. The molecule has 0 radical (unpaired) electrons. The van der Waals surface area contributed by atoms with E-state index in [1.54, 1.807) is 48.5 Å². The van der Waals surface area contributed by atoms with Crippen molar-refractivity contribution >= 4 is 87.0 Å². The Kier molecular flexibility index (Phi) is 8.63. The van der Waals surface area contributed by atoms with Crippen LogP contribution in [0, 0.1) is 0 Å². The fourth-order valence-electron chi connectivity index (χ4n) is 12.7. The van der Waals surface area contributed by atoms with Crippen molar-refractivity contribution in [3.8, 4) is 89.0 Å². The first-order valence-electron chi connectivity index (χ1n) is 39.6. The van der Waals surface area contributed by atoms with Gasteiger partial charge in [-0.15, -0.1) is 0 Å². The molecule has 18 rings (SSSR count). The van der Waals surface area contributed by atoms with Crippen LogP contribution in [0.2, 0.25) is 0 Å². The van der Waals surface area contributed by atoms with Gasteiger partial charge in [0.05, 0.1) is 28.8 Å². The van der Waals surface area contributed by atoms with Crippen molar-refractivity contribution in [3.63, 3.8) is 0 Å². The van der Waals surface area contributed by atoms with Crippen molar-refractivity contribution in [2.45, 2.75) is 0 Å². The van der Waals surface area contributed by atoms with Crippen molar-refractivity contribution in [2.24, 2.45) is 0 Å². The van der Waals surface area contributed by atoms with Crippen molar-refractivity contribution in [1.82, 2.24) is 0 Å². The van der Waals surface area contributed by atoms with E-state index in [4.69, 9.17) is 26.7 Å². The van der Waals surface area contributed by atoms with E-state index in [-0.39, 0.29) is 78.4 Å². The second-order valence-electron chi connectivity index (χ2n) is 21.8. The molecule has 0 spiro atoms. The molecule has 0 saturated carbocycles. The quantitative estimate of drug-likeness (QED) is 0.142. The second-order valence-corrected chi connectivity index (χ2v) is 21.8. The summed E-state index contributed by atoms with van der Waals surface area (Å²) in [5.41, 5.74) is 11.9. The van der Waals surface area contributed by atoms with Gasteiger partial charge in [0.25, 0.3) is 0 Å². The van der Waals surface area contributed by atoms with Crippen molar-refractivity contribution in [1.29, 1.82) is 0 Å². The molecule has 0 aliphatic heterocycles. The summed E-state index contributed by atoms with van der Waals surface area (Å²) in [5, 5.41) is 2.92. The maximum atomic E-state index is 9.27. The highest BCUT2D eigenvalue weighted by Gasteiger charge is 2.21. The van der Waals surface area contributed by atoms with Gasteiger partial charge in [-0.05, 0) is 181 Å². The Balaban J connectivity index is 0.000000162. The van der Waals surface area contributed by atoms with Gasteiger partial charge in [-0.2, -0.15) is 0 Å². The first-order valence-corrected chi connectivity index (χ1v) is 29.1. The summed E-state index contributed by atoms with van der Waals surface area (Å²) < 4.78 is 199. The van der Waals surface area contributed by atoms with Crippen molar-refractivity contribution in [3.05, 3.63) is 339 Å². The third kappa shape index (κ3) is 9.12. The Morgan fingerprint density at radius 2 is 0.556 bits per heavy atom. The molecule has 0 N–H and O–H groups in total. The normalized spacial score (nSPS) is 14.8. The van der Waals surface area contributed by atoms with Crippen molar-refractivity contribution < 1.29 is 37.6 Å². The summed E-state index contributed by atoms with van der Waals surface area (Å²) in [4.78, 5) is 0. The Morgan fingerprint density at radius 1 is 0.189 bits per heavy atom. The summed E-state index contributed by atoms with van der Waals surface area (Å²) >= 11 is 0. The molecule has 0 bridgehead atoms. The van der Waals surface area contributed by atoms with Crippen LogP contribution in [0.15, 0.2) is 348 Å². The van der Waals surface area contributed by atoms with Crippen molar-refractivity contribution in [2.75, 3.05) is 0 Å². The van der Waals surface area contributed by atoms with E-state index in [0.717, 1.165) is 60.7 Å². The van der Waals surface area contributed by atoms with Crippen LogP contribution < -0.4 is 0 Å². The van der Waals surface area contributed by atoms with E-state index in [9.17, 15) is 11.0 Å². The van der Waals surface area contributed by atoms with Gasteiger partial charge >= 0.3 is 0 Å². The number of rotatable bonds is 8. The maximum Gasteiger partial charge on any atom is 0.136 e. The van der Waals surface area contributed by atoms with Crippen LogP contribution in [0.1, 0.15) is 28.8 Å². The van der Waals surface area contributed by atoms with Crippen LogP contribution in [0.3, 0.4) is 0 Å². The van der Waals surface area contributed by atoms with E-state index >= 15 is 0 Å². The largest absolute Gasteiger partial charge is 0.456 e. The average molecular weight is 1170 g/mol. The van der Waals surface area contributed by atoms with Gasteiger partial charge < -0.3 is 8.83 Å².